The van der Waals surface area contributed by atoms with Crippen molar-refractivity contribution in [3.8, 4) is 0 Å². The first kappa shape index (κ1) is 63.3. The molecule has 258 valence electrons. The molecule has 0 radical (unpaired) electrons. The molecule has 0 bridgehead atoms. The van der Waals surface area contributed by atoms with Crippen molar-refractivity contribution >= 4 is 83.0 Å². The Morgan fingerprint density at radius 3 is 0.807 bits per heavy atom. The summed E-state index contributed by atoms with van der Waals surface area (Å²) in [5.41, 5.74) is -0.778. The molecule has 4 rings (SSSR count). The van der Waals surface area contributed by atoms with Gasteiger partial charge >= 0.3 is 308 Å². The van der Waals surface area contributed by atoms with Crippen LogP contribution in [0.3, 0.4) is 0 Å². The van der Waals surface area contributed by atoms with E-state index in [0.717, 1.165) is 18.2 Å². The summed E-state index contributed by atoms with van der Waals surface area (Å²) in [6.07, 6.45) is 2.81. The Kier molecular flexibility index (Phi) is 35.3. The molecule has 17 nitrogen and oxygen atoms in total. The molecule has 3 aromatic carbocycles. The van der Waals surface area contributed by atoms with Gasteiger partial charge in [0.2, 0.25) is 17.8 Å². The second-order valence-corrected chi connectivity index (χ2v) is 10.1. The fourth-order valence-electron chi connectivity index (χ4n) is 4.07. The number of carbonyl (C=O) groups excluding carboxylic acids is 5. The second-order valence-electron chi connectivity index (χ2n) is 10.1. The molecule has 0 unspecified atom stereocenters. The van der Waals surface area contributed by atoms with E-state index in [1.807, 2.05) is 0 Å². The van der Waals surface area contributed by atoms with Gasteiger partial charge in [-0.25, -0.2) is 0 Å². The zero-order valence-electron chi connectivity index (χ0n) is 31.7. The van der Waals surface area contributed by atoms with E-state index in [2.05, 4.69) is 37.5 Å². The van der Waals surface area contributed by atoms with Gasteiger partial charge < -0.3 is 70.6 Å². The molecule has 1 heterocycles. The number of anilines is 6. The van der Waals surface area contributed by atoms with Crippen LogP contribution in [0.5, 0.6) is 0 Å². The predicted molar refractivity (Wildman–Crippen MR) is 167 cm³/mol. The van der Waals surface area contributed by atoms with Gasteiger partial charge in [0.15, 0.2) is 0 Å². The van der Waals surface area contributed by atoms with E-state index in [-0.39, 0.29) is 337 Å². The number of carbonyl (C=O) groups is 5. The summed E-state index contributed by atoms with van der Waals surface area (Å²) >= 11 is 0. The summed E-state index contributed by atoms with van der Waals surface area (Å²) in [4.78, 5) is 68.4. The van der Waals surface area contributed by atoms with Gasteiger partial charge in [0.1, 0.15) is 0 Å². The maximum absolute atomic E-state index is 11.5. The summed E-state index contributed by atoms with van der Waals surface area (Å²) < 4.78 is 0. The molecule has 0 saturated carbocycles. The Hall–Kier alpha value is 2.00. The zero-order valence-corrected chi connectivity index (χ0v) is 50.4. The Labute approximate surface area is 580 Å². The Morgan fingerprint density at radius 2 is 0.614 bits per heavy atom. The fourth-order valence-corrected chi connectivity index (χ4v) is 4.07. The number of benzene rings is 3. The third-order valence-corrected chi connectivity index (χ3v) is 6.47. The van der Waals surface area contributed by atoms with Crippen LogP contribution in [0.2, 0.25) is 0 Å². The molecule has 0 spiro atoms. The van der Waals surface area contributed by atoms with E-state index in [9.17, 15) is 54.6 Å². The fraction of sp³-hybridized carbons (Fsp3) is 0. The topological polar surface area (TPSA) is 298 Å². The van der Waals surface area contributed by atoms with E-state index in [4.69, 9.17) is 0 Å². The molecule has 3 N–H and O–H groups in total. The minimum Gasteiger partial charge on any atom is -0.872 e. The Bertz CT molecular complexity index is 1850. The number of hydrogen-bond donors (Lipinski definition) is 3. The molecule has 57 heavy (non-hydrogen) atoms. The maximum Gasteiger partial charge on any atom is 1.00 e. The smallest absolute Gasteiger partial charge is 0.872 e. The molecule has 0 saturated heterocycles. The molecule has 23 heteroatoms. The van der Waals surface area contributed by atoms with Gasteiger partial charge in [-0.05, 0) is 76.9 Å². The van der Waals surface area contributed by atoms with Crippen molar-refractivity contribution in [3.05, 3.63) is 119 Å². The normalized spacial score (nSPS) is 9.51. The van der Waals surface area contributed by atoms with Crippen LogP contribution in [0.4, 0.5) is 34.9 Å². The molecular formula is C34H20K6N6O11. The number of nitrogens with zero attached hydrogens (tertiary/aromatic N) is 3. The molecule has 4 aromatic rings. The van der Waals surface area contributed by atoms with Crippen molar-refractivity contribution in [1.82, 2.24) is 15.0 Å². The standard InChI is InChI=1S/C34H26N6O11.6K/c1-17(41)24(27(42)43)14-18-2-8-21(9-3-18)35-32-38-33(36-22-10-4-19(5-11-22)15-25(28(44)45)29(46)47)40-34(39-32)37-23-12-6-20(7-13-23)16-26(30(48)49)31(50)51;;;;;;/h2-16,41H,1H2,(H,42,43)(H,44,45)(H,46,47)(H,48,49)(H,50,51)(H3,35,36,37,38,39,40);;;;;;/q;6*+1/p-6/b24-14-;;;;;;. The van der Waals surface area contributed by atoms with E-state index in [0.29, 0.717) is 22.6 Å². The first-order chi connectivity index (χ1) is 24.2. The summed E-state index contributed by atoms with van der Waals surface area (Å²) in [5, 5.41) is 75.7. The number of nitrogens with one attached hydrogen (secondary N) is 3. The van der Waals surface area contributed by atoms with Gasteiger partial charge in [-0.3, -0.25) is 0 Å². The summed E-state index contributed by atoms with van der Waals surface area (Å²) in [6, 6.07) is 17.6. The van der Waals surface area contributed by atoms with E-state index < -0.39 is 52.3 Å². The van der Waals surface area contributed by atoms with Crippen LogP contribution in [-0.2, 0) is 24.0 Å². The molecular weight excluding hydrogens is 903 g/mol. The van der Waals surface area contributed by atoms with Crippen LogP contribution in [-0.4, -0.2) is 44.8 Å². The number of aromatic nitrogens is 3. The van der Waals surface area contributed by atoms with Crippen molar-refractivity contribution in [2.24, 2.45) is 0 Å². The minimum absolute atomic E-state index is 0. The Morgan fingerprint density at radius 1 is 0.404 bits per heavy atom. The average Bonchev–Trinajstić information content (AvgIpc) is 3.06. The number of hydrogen-bond acceptors (Lipinski definition) is 17. The predicted octanol–water partition coefficient (Wildman–Crippen LogP) is -21.1. The molecule has 0 aliphatic rings. The summed E-state index contributed by atoms with van der Waals surface area (Å²) in [7, 11) is 0. The Balaban J connectivity index is -0.00000486. The largest absolute Gasteiger partial charge is 1.00 e. The van der Waals surface area contributed by atoms with Crippen LogP contribution in [0.25, 0.3) is 18.2 Å². The van der Waals surface area contributed by atoms with Crippen molar-refractivity contribution in [2.75, 3.05) is 16.0 Å². The molecule has 0 aliphatic carbocycles. The number of carboxylic acids is 5. The van der Waals surface area contributed by atoms with Gasteiger partial charge in [0, 0.05) is 28.2 Å². The van der Waals surface area contributed by atoms with Crippen LogP contribution in [0.15, 0.2) is 102 Å². The summed E-state index contributed by atoms with van der Waals surface area (Å²) in [6.45, 7) is 3.09. The van der Waals surface area contributed by atoms with Gasteiger partial charge in [0.25, 0.3) is 0 Å². The molecule has 0 amide bonds. The first-order valence-corrected chi connectivity index (χ1v) is 14.1. The van der Waals surface area contributed by atoms with Crippen LogP contribution in [0.1, 0.15) is 16.7 Å². The number of carboxylic acid groups (broad SMARTS) is 5. The molecule has 0 atom stereocenters. The molecule has 0 aliphatic heterocycles. The average molecular weight is 923 g/mol. The van der Waals surface area contributed by atoms with Crippen molar-refractivity contribution in [3.63, 3.8) is 0 Å². The number of aliphatic carboxylic acids is 5. The van der Waals surface area contributed by atoms with Gasteiger partial charge in [-0.2, -0.15) is 15.0 Å². The number of rotatable bonds is 15. The van der Waals surface area contributed by atoms with Crippen LogP contribution in [0, 0.1) is 0 Å². The second kappa shape index (κ2) is 31.8. The third-order valence-electron chi connectivity index (χ3n) is 6.47. The first-order valence-electron chi connectivity index (χ1n) is 14.1. The van der Waals surface area contributed by atoms with Gasteiger partial charge in [-0.1, -0.05) is 36.4 Å². The van der Waals surface area contributed by atoms with Crippen LogP contribution < -0.4 is 355 Å². The minimum atomic E-state index is -1.92. The van der Waals surface area contributed by atoms with E-state index >= 15 is 0 Å². The molecule has 1 aromatic heterocycles. The third kappa shape index (κ3) is 21.5. The molecule has 0 fully saturated rings. The zero-order chi connectivity index (χ0) is 37.2. The van der Waals surface area contributed by atoms with Crippen molar-refractivity contribution < 1.29 is 363 Å². The maximum atomic E-state index is 11.5. The van der Waals surface area contributed by atoms with Gasteiger partial charge in [0.05, 0.1) is 29.8 Å². The quantitative estimate of drug-likeness (QED) is 0.0249. The monoisotopic (exact) mass is 922 g/mol. The van der Waals surface area contributed by atoms with E-state index in [1.54, 1.807) is 0 Å². The summed E-state index contributed by atoms with van der Waals surface area (Å²) in [5.74, 6) is -10.4. The van der Waals surface area contributed by atoms with Gasteiger partial charge in [-0.15, -0.1) is 12.3 Å². The van der Waals surface area contributed by atoms with Crippen molar-refractivity contribution in [1.29, 1.82) is 0 Å². The van der Waals surface area contributed by atoms with Crippen molar-refractivity contribution in [2.45, 2.75) is 0 Å². The van der Waals surface area contributed by atoms with Crippen LogP contribution >= 0.6 is 0 Å². The SMILES string of the molecule is C=C([O-])/C(=C/c1ccc(Nc2nc(Nc3ccc(C=C(C(=O)[O-])C(=O)[O-])cc3)nc(Nc3ccc(C=C(C(=O)[O-])C(=O)[O-])cc3)n2)cc1)C(=O)[O-].[K+].[K+].[K+].[K+].[K+].[K+]. The van der Waals surface area contributed by atoms with E-state index in [1.165, 1.54) is 72.8 Å².